The van der Waals surface area contributed by atoms with E-state index in [0.717, 1.165) is 18.4 Å². The third kappa shape index (κ3) is 3.91. The summed E-state index contributed by atoms with van der Waals surface area (Å²) in [5.74, 6) is 0.286. The van der Waals surface area contributed by atoms with Gasteiger partial charge in [-0.05, 0) is 48.7 Å². The minimum Gasteiger partial charge on any atom is -0.482 e. The van der Waals surface area contributed by atoms with Gasteiger partial charge in [-0.1, -0.05) is 23.7 Å². The van der Waals surface area contributed by atoms with Crippen LogP contribution in [0.3, 0.4) is 0 Å². The number of halogens is 1. The number of benzene rings is 2. The number of carbonyl (C=O) groups is 2. The molecule has 0 bridgehead atoms. The molecular formula is C20H19ClN2O4. The van der Waals surface area contributed by atoms with E-state index in [-0.39, 0.29) is 18.4 Å². The molecule has 2 aromatic rings. The van der Waals surface area contributed by atoms with Gasteiger partial charge in [0.05, 0.1) is 12.2 Å². The molecule has 0 spiro atoms. The van der Waals surface area contributed by atoms with E-state index in [9.17, 15) is 9.59 Å². The van der Waals surface area contributed by atoms with Crippen molar-refractivity contribution >= 4 is 34.8 Å². The number of nitrogens with one attached hydrogen (secondary N) is 1. The van der Waals surface area contributed by atoms with Crippen molar-refractivity contribution in [3.63, 3.8) is 0 Å². The molecule has 0 aliphatic carbocycles. The highest BCUT2D eigenvalue weighted by atomic mass is 35.5. The molecule has 7 heteroatoms. The van der Waals surface area contributed by atoms with E-state index in [1.54, 1.807) is 29.2 Å². The maximum absolute atomic E-state index is 12.4. The van der Waals surface area contributed by atoms with E-state index in [1.165, 1.54) is 0 Å². The van der Waals surface area contributed by atoms with Crippen molar-refractivity contribution in [1.82, 2.24) is 0 Å². The molecule has 4 rings (SSSR count). The van der Waals surface area contributed by atoms with Crippen LogP contribution in [0.4, 0.5) is 11.4 Å². The summed E-state index contributed by atoms with van der Waals surface area (Å²) < 4.78 is 10.9. The molecule has 0 aromatic heterocycles. The summed E-state index contributed by atoms with van der Waals surface area (Å²) in [6.45, 7) is 0.964. The molecule has 1 atom stereocenters. The van der Waals surface area contributed by atoms with Gasteiger partial charge in [-0.15, -0.1) is 0 Å². The number of hydrogen-bond donors (Lipinski definition) is 1. The lowest BCUT2D eigenvalue weighted by Crippen LogP contribution is -2.38. The summed E-state index contributed by atoms with van der Waals surface area (Å²) >= 11 is 6.06. The van der Waals surface area contributed by atoms with Crippen molar-refractivity contribution in [1.29, 1.82) is 0 Å². The first-order chi connectivity index (χ1) is 13.1. The summed E-state index contributed by atoms with van der Waals surface area (Å²) in [6.07, 6.45) is 1.19. The molecule has 2 amide bonds. The Kier molecular flexibility index (Phi) is 5.01. The first kappa shape index (κ1) is 17.8. The second-order valence-corrected chi connectivity index (χ2v) is 7.01. The van der Waals surface area contributed by atoms with Crippen LogP contribution in [0.25, 0.3) is 0 Å². The number of rotatable bonds is 4. The number of amides is 2. The summed E-state index contributed by atoms with van der Waals surface area (Å²) in [7, 11) is 0. The van der Waals surface area contributed by atoms with Crippen LogP contribution in [0.15, 0.2) is 42.5 Å². The highest BCUT2D eigenvalue weighted by Crippen LogP contribution is 2.36. The Morgan fingerprint density at radius 1 is 1.26 bits per heavy atom. The first-order valence-corrected chi connectivity index (χ1v) is 9.22. The van der Waals surface area contributed by atoms with Crippen molar-refractivity contribution in [2.24, 2.45) is 0 Å². The average molecular weight is 387 g/mol. The molecule has 1 unspecified atom stereocenters. The zero-order valence-corrected chi connectivity index (χ0v) is 15.4. The van der Waals surface area contributed by atoms with Crippen molar-refractivity contribution in [2.45, 2.75) is 25.5 Å². The molecule has 2 aliphatic heterocycles. The van der Waals surface area contributed by atoms with Crippen LogP contribution in [0, 0.1) is 0 Å². The summed E-state index contributed by atoms with van der Waals surface area (Å²) in [4.78, 5) is 26.4. The molecule has 2 heterocycles. The van der Waals surface area contributed by atoms with Gasteiger partial charge in [0.15, 0.2) is 6.61 Å². The molecule has 140 valence electrons. The normalized spacial score (nSPS) is 18.8. The molecule has 2 aromatic carbocycles. The summed E-state index contributed by atoms with van der Waals surface area (Å²) in [5.41, 5.74) is 2.14. The maximum atomic E-state index is 12.4. The van der Waals surface area contributed by atoms with Gasteiger partial charge in [0.2, 0.25) is 0 Å². The van der Waals surface area contributed by atoms with E-state index in [2.05, 4.69) is 5.32 Å². The largest absolute Gasteiger partial charge is 0.482 e. The Balaban J connectivity index is 1.58. The monoisotopic (exact) mass is 386 g/mol. The topological polar surface area (TPSA) is 67.9 Å². The number of fused-ring (bicyclic) bond motifs is 1. The minimum absolute atomic E-state index is 0.0187. The third-order valence-electron chi connectivity index (χ3n) is 4.62. The SMILES string of the molecule is O=C(Nc1ccc2c(c1)N(Cc1cccc(Cl)c1)C(=O)CO2)C1CCCO1. The van der Waals surface area contributed by atoms with Crippen LogP contribution < -0.4 is 15.0 Å². The fourth-order valence-electron chi connectivity index (χ4n) is 3.28. The van der Waals surface area contributed by atoms with Crippen molar-refractivity contribution in [2.75, 3.05) is 23.4 Å². The zero-order valence-electron chi connectivity index (χ0n) is 14.6. The van der Waals surface area contributed by atoms with Crippen molar-refractivity contribution in [3.05, 3.63) is 53.1 Å². The smallest absolute Gasteiger partial charge is 0.265 e. The summed E-state index contributed by atoms with van der Waals surface area (Å²) in [6, 6.07) is 12.7. The first-order valence-electron chi connectivity index (χ1n) is 8.84. The van der Waals surface area contributed by atoms with E-state index in [4.69, 9.17) is 21.1 Å². The molecule has 1 N–H and O–H groups in total. The minimum atomic E-state index is -0.415. The van der Waals surface area contributed by atoms with Crippen LogP contribution in [0.5, 0.6) is 5.75 Å². The van der Waals surface area contributed by atoms with Crippen LogP contribution in [-0.4, -0.2) is 31.1 Å². The van der Waals surface area contributed by atoms with Gasteiger partial charge in [0, 0.05) is 17.3 Å². The fraction of sp³-hybridized carbons (Fsp3) is 0.300. The Labute approximate surface area is 162 Å². The van der Waals surface area contributed by atoms with E-state index in [0.29, 0.717) is 35.3 Å². The Morgan fingerprint density at radius 3 is 2.93 bits per heavy atom. The predicted molar refractivity (Wildman–Crippen MR) is 102 cm³/mol. The van der Waals surface area contributed by atoms with Gasteiger partial charge in [-0.3, -0.25) is 9.59 Å². The predicted octanol–water partition coefficient (Wildman–Crippen LogP) is 3.38. The lowest BCUT2D eigenvalue weighted by Gasteiger charge is -2.30. The standard InChI is InChI=1S/C20H19ClN2O4/c21-14-4-1-3-13(9-14)11-23-16-10-15(6-7-17(16)27-12-19(23)24)22-20(25)18-5-2-8-26-18/h1,3-4,6-7,9-10,18H,2,5,8,11-12H2,(H,22,25). The van der Waals surface area contributed by atoms with E-state index in [1.807, 2.05) is 18.2 Å². The molecule has 1 saturated heterocycles. The van der Waals surface area contributed by atoms with Crippen molar-refractivity contribution < 1.29 is 19.1 Å². The van der Waals surface area contributed by atoms with Gasteiger partial charge >= 0.3 is 0 Å². The highest BCUT2D eigenvalue weighted by Gasteiger charge is 2.27. The van der Waals surface area contributed by atoms with Crippen LogP contribution in [-0.2, 0) is 20.9 Å². The molecule has 0 radical (unpaired) electrons. The van der Waals surface area contributed by atoms with E-state index < -0.39 is 6.10 Å². The lowest BCUT2D eigenvalue weighted by atomic mass is 10.1. The zero-order chi connectivity index (χ0) is 18.8. The molecule has 0 saturated carbocycles. The maximum Gasteiger partial charge on any atom is 0.265 e. The van der Waals surface area contributed by atoms with Crippen LogP contribution in [0.2, 0.25) is 5.02 Å². The Bertz CT molecular complexity index is 880. The van der Waals surface area contributed by atoms with Crippen LogP contribution >= 0.6 is 11.6 Å². The Hall–Kier alpha value is -2.57. The van der Waals surface area contributed by atoms with Crippen LogP contribution in [0.1, 0.15) is 18.4 Å². The summed E-state index contributed by atoms with van der Waals surface area (Å²) in [5, 5.41) is 3.48. The molecule has 6 nitrogen and oxygen atoms in total. The number of carbonyl (C=O) groups excluding carboxylic acids is 2. The molecular weight excluding hydrogens is 368 g/mol. The number of ether oxygens (including phenoxy) is 2. The lowest BCUT2D eigenvalue weighted by molar-refractivity contribution is -0.124. The fourth-order valence-corrected chi connectivity index (χ4v) is 3.49. The number of anilines is 2. The number of nitrogens with zero attached hydrogens (tertiary/aromatic N) is 1. The van der Waals surface area contributed by atoms with Gasteiger partial charge in [-0.25, -0.2) is 0 Å². The molecule has 2 aliphatic rings. The van der Waals surface area contributed by atoms with Gasteiger partial charge in [0.25, 0.3) is 11.8 Å². The van der Waals surface area contributed by atoms with E-state index >= 15 is 0 Å². The second kappa shape index (κ2) is 7.58. The third-order valence-corrected chi connectivity index (χ3v) is 4.86. The second-order valence-electron chi connectivity index (χ2n) is 6.57. The van der Waals surface area contributed by atoms with Gasteiger partial charge < -0.3 is 19.7 Å². The quantitative estimate of drug-likeness (QED) is 0.874. The number of hydrogen-bond acceptors (Lipinski definition) is 4. The van der Waals surface area contributed by atoms with Gasteiger partial charge in [-0.2, -0.15) is 0 Å². The van der Waals surface area contributed by atoms with Crippen molar-refractivity contribution in [3.8, 4) is 5.75 Å². The molecule has 27 heavy (non-hydrogen) atoms. The average Bonchev–Trinajstić information content (AvgIpc) is 3.19. The van der Waals surface area contributed by atoms with Gasteiger partial charge in [0.1, 0.15) is 11.9 Å². The highest BCUT2D eigenvalue weighted by molar-refractivity contribution is 6.30. The Morgan fingerprint density at radius 2 is 2.15 bits per heavy atom. The molecule has 1 fully saturated rings.